The molecule has 1 unspecified atom stereocenters. The lowest BCUT2D eigenvalue weighted by Gasteiger charge is -2.14. The van der Waals surface area contributed by atoms with Crippen LogP contribution in [0.25, 0.3) is 4.85 Å². The molecule has 1 aromatic carbocycles. The Morgan fingerprint density at radius 1 is 1.35 bits per heavy atom. The largest absolute Gasteiger partial charge is 0.442 e. The summed E-state index contributed by atoms with van der Waals surface area (Å²) >= 11 is 11.8. The number of halogens is 2. The van der Waals surface area contributed by atoms with Gasteiger partial charge in [-0.05, 0) is 30.7 Å². The molecule has 3 fully saturated rings. The second-order valence-electron chi connectivity index (χ2n) is 7.07. The normalized spacial score (nSPS) is 27.4. The Morgan fingerprint density at radius 2 is 2.00 bits per heavy atom. The maximum atomic E-state index is 12.1. The summed E-state index contributed by atoms with van der Waals surface area (Å²) in [5, 5.41) is 2.73. The molecule has 1 saturated heterocycles. The molecule has 0 spiro atoms. The van der Waals surface area contributed by atoms with Crippen molar-refractivity contribution in [3.8, 4) is 0 Å². The van der Waals surface area contributed by atoms with Gasteiger partial charge in [0.25, 0.3) is 5.54 Å². The molecule has 0 aromatic heterocycles. The number of amides is 2. The third kappa shape index (κ3) is 3.10. The number of nitrogens with zero attached hydrogens (tertiary/aromatic N) is 2. The predicted octanol–water partition coefficient (Wildman–Crippen LogP) is 3.23. The lowest BCUT2D eigenvalue weighted by atomic mass is 10.1. The fourth-order valence-corrected chi connectivity index (χ4v) is 3.72. The van der Waals surface area contributed by atoms with E-state index in [0.717, 1.165) is 24.1 Å². The Balaban J connectivity index is 1.34. The topological polar surface area (TPSA) is 63.0 Å². The molecule has 26 heavy (non-hydrogen) atoms. The van der Waals surface area contributed by atoms with Crippen LogP contribution < -0.4 is 10.2 Å². The van der Waals surface area contributed by atoms with Gasteiger partial charge >= 0.3 is 6.09 Å². The molecule has 4 rings (SSSR count). The van der Waals surface area contributed by atoms with Gasteiger partial charge in [0.05, 0.1) is 19.0 Å². The van der Waals surface area contributed by atoms with Gasteiger partial charge in [-0.2, -0.15) is 0 Å². The average Bonchev–Trinajstić information content (AvgIpc) is 3.51. The standard InChI is InChI=1S/C18H17Cl2N3O3/c1-21-17(6-7-17)11-2-4-12(5-3-11)23-10-13(26-16(23)25)9-22-15(24)14-8-18(14,19)20/h2-5,13-14H,6-10H2,(H,22,24)/t13-,14?/m0/s1. The van der Waals surface area contributed by atoms with E-state index in [-0.39, 0.29) is 18.0 Å². The van der Waals surface area contributed by atoms with Crippen molar-refractivity contribution in [3.63, 3.8) is 0 Å². The molecule has 2 amide bonds. The summed E-state index contributed by atoms with van der Waals surface area (Å²) in [6.45, 7) is 7.89. The number of carbonyl (C=O) groups is 2. The van der Waals surface area contributed by atoms with Crippen LogP contribution in [-0.4, -0.2) is 35.5 Å². The highest BCUT2D eigenvalue weighted by atomic mass is 35.5. The van der Waals surface area contributed by atoms with Crippen molar-refractivity contribution in [1.82, 2.24) is 5.32 Å². The van der Waals surface area contributed by atoms with Gasteiger partial charge in [-0.3, -0.25) is 9.69 Å². The van der Waals surface area contributed by atoms with Crippen LogP contribution in [-0.2, 0) is 15.1 Å². The van der Waals surface area contributed by atoms with Gasteiger partial charge in [0, 0.05) is 24.1 Å². The number of alkyl halides is 2. The van der Waals surface area contributed by atoms with Crippen molar-refractivity contribution in [1.29, 1.82) is 0 Å². The maximum absolute atomic E-state index is 12.1. The Bertz CT molecular complexity index is 799. The third-order valence-corrected chi connectivity index (χ3v) is 6.01. The summed E-state index contributed by atoms with van der Waals surface area (Å²) in [5.74, 6) is -0.619. The van der Waals surface area contributed by atoms with Gasteiger partial charge < -0.3 is 14.9 Å². The molecule has 1 aliphatic heterocycles. The Morgan fingerprint density at radius 3 is 2.54 bits per heavy atom. The number of carbonyl (C=O) groups excluding carboxylic acids is 2. The summed E-state index contributed by atoms with van der Waals surface area (Å²) in [6.07, 6.45) is 1.34. The maximum Gasteiger partial charge on any atom is 0.414 e. The first-order valence-electron chi connectivity index (χ1n) is 8.47. The zero-order valence-electron chi connectivity index (χ0n) is 13.9. The molecule has 0 bridgehead atoms. The number of anilines is 1. The monoisotopic (exact) mass is 393 g/mol. The van der Waals surface area contributed by atoms with Gasteiger partial charge in [-0.15, -0.1) is 23.2 Å². The second-order valence-corrected chi connectivity index (χ2v) is 8.61. The van der Waals surface area contributed by atoms with Gasteiger partial charge in [-0.1, -0.05) is 0 Å². The number of rotatable bonds is 5. The number of benzene rings is 1. The fourth-order valence-electron chi connectivity index (χ4n) is 3.21. The van der Waals surface area contributed by atoms with E-state index in [0.29, 0.717) is 13.0 Å². The first-order chi connectivity index (χ1) is 12.3. The van der Waals surface area contributed by atoms with Gasteiger partial charge in [0.15, 0.2) is 0 Å². The first kappa shape index (κ1) is 17.4. The zero-order valence-corrected chi connectivity index (χ0v) is 15.4. The van der Waals surface area contributed by atoms with Crippen molar-refractivity contribution in [2.45, 2.75) is 35.2 Å². The molecule has 2 aliphatic carbocycles. The average molecular weight is 394 g/mol. The summed E-state index contributed by atoms with van der Waals surface area (Å²) in [5.41, 5.74) is 1.35. The third-order valence-electron chi connectivity index (χ3n) is 5.17. The molecular weight excluding hydrogens is 377 g/mol. The summed E-state index contributed by atoms with van der Waals surface area (Å²) in [6, 6.07) is 7.47. The number of hydrogen-bond acceptors (Lipinski definition) is 3. The molecule has 1 N–H and O–H groups in total. The molecule has 1 heterocycles. The minimum atomic E-state index is -0.964. The van der Waals surface area contributed by atoms with Crippen LogP contribution in [0.5, 0.6) is 0 Å². The fraction of sp³-hybridized carbons (Fsp3) is 0.500. The summed E-state index contributed by atoms with van der Waals surface area (Å²) in [7, 11) is 0. The van der Waals surface area contributed by atoms with Crippen molar-refractivity contribution >= 4 is 40.9 Å². The minimum Gasteiger partial charge on any atom is -0.442 e. The summed E-state index contributed by atoms with van der Waals surface area (Å²) < 4.78 is 4.36. The predicted molar refractivity (Wildman–Crippen MR) is 97.1 cm³/mol. The SMILES string of the molecule is [C-]#[N+]C1(c2ccc(N3C[C@H](CNC(=O)C4CC4(Cl)Cl)OC3=O)cc2)CC1. The molecule has 0 radical (unpaired) electrons. The van der Waals surface area contributed by atoms with E-state index >= 15 is 0 Å². The van der Waals surface area contributed by atoms with E-state index in [1.54, 1.807) is 0 Å². The number of cyclic esters (lactones) is 1. The molecule has 136 valence electrons. The van der Waals surface area contributed by atoms with Crippen molar-refractivity contribution in [3.05, 3.63) is 41.2 Å². The van der Waals surface area contributed by atoms with Crippen LogP contribution in [0.2, 0.25) is 0 Å². The molecule has 3 aliphatic rings. The lowest BCUT2D eigenvalue weighted by molar-refractivity contribution is -0.122. The van der Waals surface area contributed by atoms with Crippen molar-refractivity contribution in [2.75, 3.05) is 18.0 Å². The van der Waals surface area contributed by atoms with Crippen LogP contribution in [0.1, 0.15) is 24.8 Å². The van der Waals surface area contributed by atoms with Gasteiger partial charge in [0.1, 0.15) is 10.4 Å². The second kappa shape index (κ2) is 6.04. The molecular formula is C18H17Cl2N3O3. The Labute approximate surface area is 161 Å². The molecule has 6 nitrogen and oxygen atoms in total. The van der Waals surface area contributed by atoms with Gasteiger partial charge in [0.2, 0.25) is 5.91 Å². The van der Waals surface area contributed by atoms with Crippen LogP contribution in [0.15, 0.2) is 24.3 Å². The van der Waals surface area contributed by atoms with E-state index in [1.165, 1.54) is 4.90 Å². The highest BCUT2D eigenvalue weighted by Crippen LogP contribution is 2.53. The molecule has 2 atom stereocenters. The number of nitrogens with one attached hydrogen (secondary N) is 1. The zero-order chi connectivity index (χ0) is 18.5. The van der Waals surface area contributed by atoms with E-state index in [4.69, 9.17) is 34.5 Å². The molecule has 8 heteroatoms. The van der Waals surface area contributed by atoms with Gasteiger partial charge in [-0.25, -0.2) is 11.4 Å². The highest BCUT2D eigenvalue weighted by molar-refractivity contribution is 6.52. The minimum absolute atomic E-state index is 0.220. The van der Waals surface area contributed by atoms with Crippen molar-refractivity contribution in [2.24, 2.45) is 5.92 Å². The van der Waals surface area contributed by atoms with Crippen LogP contribution >= 0.6 is 23.2 Å². The van der Waals surface area contributed by atoms with Crippen LogP contribution in [0.3, 0.4) is 0 Å². The lowest BCUT2D eigenvalue weighted by Crippen LogP contribution is -2.36. The van der Waals surface area contributed by atoms with E-state index in [2.05, 4.69) is 10.2 Å². The quantitative estimate of drug-likeness (QED) is 0.616. The van der Waals surface area contributed by atoms with Crippen LogP contribution in [0.4, 0.5) is 10.5 Å². The van der Waals surface area contributed by atoms with Crippen molar-refractivity contribution < 1.29 is 14.3 Å². The van der Waals surface area contributed by atoms with Crippen LogP contribution in [0, 0.1) is 12.5 Å². The van der Waals surface area contributed by atoms with E-state index < -0.39 is 22.4 Å². The smallest absolute Gasteiger partial charge is 0.414 e. The molecule has 1 aromatic rings. The number of hydrogen-bond donors (Lipinski definition) is 1. The first-order valence-corrected chi connectivity index (χ1v) is 9.23. The Kier molecular flexibility index (Phi) is 4.05. The Hall–Kier alpha value is -1.97. The van der Waals surface area contributed by atoms with E-state index in [1.807, 2.05) is 24.3 Å². The summed E-state index contributed by atoms with van der Waals surface area (Å²) in [4.78, 5) is 29.3. The van der Waals surface area contributed by atoms with E-state index in [9.17, 15) is 9.59 Å². The molecule has 2 saturated carbocycles. The number of ether oxygens (including phenoxy) is 1. The highest BCUT2D eigenvalue weighted by Gasteiger charge is 2.56.